The van der Waals surface area contributed by atoms with Gasteiger partial charge in [0.25, 0.3) is 0 Å². The first-order chi connectivity index (χ1) is 31.0. The number of aromatic nitrogens is 3. The van der Waals surface area contributed by atoms with E-state index in [1.165, 1.54) is 0 Å². The molecule has 2 aliphatic rings. The number of anilines is 5. The van der Waals surface area contributed by atoms with Crippen LogP contribution in [0.5, 0.6) is 0 Å². The van der Waals surface area contributed by atoms with Gasteiger partial charge < -0.3 is 9.80 Å². The Labute approximate surface area is 370 Å². The van der Waals surface area contributed by atoms with E-state index in [0.717, 1.165) is 98.4 Å². The summed E-state index contributed by atoms with van der Waals surface area (Å²) in [5.41, 5.74) is 18.4. The second-order valence-electron chi connectivity index (χ2n) is 15.0. The van der Waals surface area contributed by atoms with Crippen molar-refractivity contribution in [3.05, 3.63) is 224 Å². The van der Waals surface area contributed by atoms with Crippen molar-refractivity contribution in [2.75, 3.05) is 15.2 Å². The number of aryl methyl sites for hydroxylation is 1. The molecule has 310 valence electrons. The number of rotatable bonds is 15. The van der Waals surface area contributed by atoms with E-state index in [0.29, 0.717) is 11.4 Å². The van der Waals surface area contributed by atoms with Crippen molar-refractivity contribution in [2.24, 2.45) is 5.10 Å². The molecular weight excluding hydrogens is 773 g/mol. The van der Waals surface area contributed by atoms with Crippen molar-refractivity contribution in [3.8, 4) is 27.9 Å². The zero-order valence-corrected chi connectivity index (χ0v) is 35.7. The van der Waals surface area contributed by atoms with Crippen LogP contribution in [0.2, 0.25) is 0 Å². The minimum absolute atomic E-state index is 0.365. The maximum Gasteiger partial charge on any atom is 0.109 e. The van der Waals surface area contributed by atoms with Crippen LogP contribution in [0.4, 0.5) is 28.4 Å². The largest absolute Gasteiger partial charge is 0.311 e. The fourth-order valence-corrected chi connectivity index (χ4v) is 7.59. The molecule has 0 saturated heterocycles. The van der Waals surface area contributed by atoms with Crippen molar-refractivity contribution >= 4 is 45.9 Å². The fourth-order valence-electron chi connectivity index (χ4n) is 7.59. The maximum absolute atomic E-state index is 8.08. The van der Waals surface area contributed by atoms with Crippen molar-refractivity contribution in [1.29, 1.82) is 5.41 Å². The zero-order valence-electron chi connectivity index (χ0n) is 35.7. The Hall–Kier alpha value is -8.10. The van der Waals surface area contributed by atoms with E-state index < -0.39 is 0 Å². The van der Waals surface area contributed by atoms with Gasteiger partial charge in [-0.1, -0.05) is 105 Å². The SMILES string of the molecule is C=C/C=C(\C=C)N(c1ccc(N/N=C2/C=CC=CC2=N)cc1)c1ccc(-c2ccc(-c3ccc(N(C4=CCCC=C4)c4ccc(-n5nc(/C=C\C)c(CC)n5)cc4)cc3)cc2)cc1. The Balaban J connectivity index is 0.989. The van der Waals surface area contributed by atoms with Crippen LogP contribution in [0.3, 0.4) is 0 Å². The van der Waals surface area contributed by atoms with Gasteiger partial charge in [0.1, 0.15) is 11.4 Å². The van der Waals surface area contributed by atoms with Crippen LogP contribution in [-0.2, 0) is 6.42 Å². The van der Waals surface area contributed by atoms with Gasteiger partial charge in [0, 0.05) is 34.1 Å². The van der Waals surface area contributed by atoms with E-state index in [1.54, 1.807) is 16.9 Å². The second kappa shape index (κ2) is 19.5. The van der Waals surface area contributed by atoms with E-state index in [9.17, 15) is 0 Å². The summed E-state index contributed by atoms with van der Waals surface area (Å²) in [6.45, 7) is 12.1. The molecule has 8 nitrogen and oxygen atoms in total. The number of nitrogens with one attached hydrogen (secondary N) is 2. The highest BCUT2D eigenvalue weighted by Crippen LogP contribution is 2.36. The van der Waals surface area contributed by atoms with Crippen LogP contribution in [0, 0.1) is 5.41 Å². The summed E-state index contributed by atoms with van der Waals surface area (Å²) in [6, 6.07) is 42.6. The number of allylic oxidation sites excluding steroid dienone is 11. The summed E-state index contributed by atoms with van der Waals surface area (Å²) in [7, 11) is 0. The first-order valence-electron chi connectivity index (χ1n) is 21.3. The van der Waals surface area contributed by atoms with Crippen LogP contribution in [-0.4, -0.2) is 26.4 Å². The first kappa shape index (κ1) is 41.6. The van der Waals surface area contributed by atoms with Crippen molar-refractivity contribution < 1.29 is 0 Å². The molecule has 8 rings (SSSR count). The van der Waals surface area contributed by atoms with E-state index in [-0.39, 0.29) is 0 Å². The molecule has 0 bridgehead atoms. The molecule has 0 saturated carbocycles. The molecule has 0 radical (unpaired) electrons. The standard InChI is InChI=1S/C55H50N8/c1-5-14-45(7-3)61(49-34-28-44(29-35-49)57-58-54-19-13-12-18-52(54)56)47-30-24-42(25-31-47)40-20-22-41(23-21-40)43-26-32-48(33-27-43)62(46-16-10-9-11-17-46)50-36-38-51(39-37-50)63-59-53(8-4)55(60-63)15-6-2/h5-7,10,12-39,56-57H,1,3,8-9,11H2,2,4H3/b15-6-,45-14+,56-52?,58-54-. The van der Waals surface area contributed by atoms with Gasteiger partial charge in [0.2, 0.25) is 0 Å². The van der Waals surface area contributed by atoms with Gasteiger partial charge in [0.05, 0.1) is 22.8 Å². The quantitative estimate of drug-likeness (QED) is 0.0612. The van der Waals surface area contributed by atoms with E-state index in [4.69, 9.17) is 15.6 Å². The molecule has 6 aromatic rings. The molecule has 8 heteroatoms. The van der Waals surface area contributed by atoms with Crippen LogP contribution in [0.1, 0.15) is 38.1 Å². The highest BCUT2D eigenvalue weighted by Gasteiger charge is 2.17. The van der Waals surface area contributed by atoms with Gasteiger partial charge in [0.15, 0.2) is 0 Å². The molecule has 1 heterocycles. The van der Waals surface area contributed by atoms with Crippen LogP contribution < -0.4 is 15.2 Å². The Morgan fingerprint density at radius 2 is 1.30 bits per heavy atom. The lowest BCUT2D eigenvalue weighted by Crippen LogP contribution is -2.16. The van der Waals surface area contributed by atoms with E-state index in [1.807, 2.05) is 73.7 Å². The van der Waals surface area contributed by atoms with Gasteiger partial charge in [-0.2, -0.15) is 15.0 Å². The third-order valence-corrected chi connectivity index (χ3v) is 10.8. The van der Waals surface area contributed by atoms with Gasteiger partial charge in [-0.25, -0.2) is 0 Å². The Bertz CT molecular complexity index is 2810. The highest BCUT2D eigenvalue weighted by atomic mass is 15.5. The summed E-state index contributed by atoms with van der Waals surface area (Å²) in [5, 5.41) is 22.0. The highest BCUT2D eigenvalue weighted by molar-refractivity contribution is 6.50. The summed E-state index contributed by atoms with van der Waals surface area (Å²) >= 11 is 0. The van der Waals surface area contributed by atoms with Gasteiger partial charge in [-0.15, -0.1) is 5.10 Å². The Morgan fingerprint density at radius 1 is 0.730 bits per heavy atom. The number of hydrazone groups is 1. The smallest absolute Gasteiger partial charge is 0.109 e. The minimum atomic E-state index is 0.365. The third kappa shape index (κ3) is 9.46. The Morgan fingerprint density at radius 3 is 1.84 bits per heavy atom. The van der Waals surface area contributed by atoms with Crippen LogP contribution >= 0.6 is 0 Å². The lowest BCUT2D eigenvalue weighted by Gasteiger charge is -2.28. The minimum Gasteiger partial charge on any atom is -0.311 e. The van der Waals surface area contributed by atoms with Gasteiger partial charge in [-0.05, 0) is 158 Å². The maximum atomic E-state index is 8.08. The van der Waals surface area contributed by atoms with Gasteiger partial charge in [-0.3, -0.25) is 10.8 Å². The fraction of sp³-hybridized carbons (Fsp3) is 0.0909. The number of hydrogen-bond acceptors (Lipinski definition) is 7. The number of benzene rings is 5. The molecule has 0 fully saturated rings. The summed E-state index contributed by atoms with van der Waals surface area (Å²) in [4.78, 5) is 6.18. The molecule has 0 amide bonds. The normalized spacial score (nSPS) is 14.3. The van der Waals surface area contributed by atoms with E-state index >= 15 is 0 Å². The monoisotopic (exact) mass is 822 g/mol. The molecule has 63 heavy (non-hydrogen) atoms. The lowest BCUT2D eigenvalue weighted by atomic mass is 9.99. The van der Waals surface area contributed by atoms with Crippen LogP contribution in [0.15, 0.2) is 218 Å². The van der Waals surface area contributed by atoms with Gasteiger partial charge >= 0.3 is 0 Å². The summed E-state index contributed by atoms with van der Waals surface area (Å²) in [6.07, 6.45) is 26.4. The average Bonchev–Trinajstić information content (AvgIpc) is 3.75. The molecule has 0 aliphatic heterocycles. The molecule has 1 aromatic heterocycles. The molecule has 2 aliphatic carbocycles. The molecule has 2 N–H and O–H groups in total. The number of hydrogen-bond donors (Lipinski definition) is 2. The van der Waals surface area contributed by atoms with E-state index in [2.05, 4.69) is 156 Å². The van der Waals surface area contributed by atoms with Crippen molar-refractivity contribution in [1.82, 2.24) is 15.0 Å². The van der Waals surface area contributed by atoms with Crippen molar-refractivity contribution in [3.63, 3.8) is 0 Å². The molecule has 0 spiro atoms. The summed E-state index contributed by atoms with van der Waals surface area (Å²) < 4.78 is 0. The van der Waals surface area contributed by atoms with Crippen LogP contribution in [0.25, 0.3) is 34.0 Å². The lowest BCUT2D eigenvalue weighted by molar-refractivity contribution is 0.739. The zero-order chi connectivity index (χ0) is 43.5. The Kier molecular flexibility index (Phi) is 12.9. The van der Waals surface area contributed by atoms with Crippen molar-refractivity contribution in [2.45, 2.75) is 33.1 Å². The average molecular weight is 823 g/mol. The molecular formula is C55H50N8. The molecule has 5 aromatic carbocycles. The third-order valence-electron chi connectivity index (χ3n) is 10.8. The topological polar surface area (TPSA) is 85.4 Å². The molecule has 0 unspecified atom stereocenters. The predicted molar refractivity (Wildman–Crippen MR) is 265 cm³/mol. The first-order valence-corrected chi connectivity index (χ1v) is 21.3. The number of nitrogens with zero attached hydrogens (tertiary/aromatic N) is 6. The summed E-state index contributed by atoms with van der Waals surface area (Å²) in [5.74, 6) is 0. The predicted octanol–water partition coefficient (Wildman–Crippen LogP) is 13.9. The molecule has 0 atom stereocenters. The second-order valence-corrected chi connectivity index (χ2v) is 15.0.